The molecular weight excluding hydrogens is 416 g/mol. The molecule has 2 heterocycles. The summed E-state index contributed by atoms with van der Waals surface area (Å²) in [6, 6.07) is 12.6. The van der Waals surface area contributed by atoms with Crippen LogP contribution in [0, 0.1) is 11.6 Å². The first-order valence-electron chi connectivity index (χ1n) is 10.8. The summed E-state index contributed by atoms with van der Waals surface area (Å²) in [7, 11) is 0. The summed E-state index contributed by atoms with van der Waals surface area (Å²) >= 11 is 1.52. The van der Waals surface area contributed by atoms with Gasteiger partial charge in [-0.2, -0.15) is 0 Å². The third-order valence-electron chi connectivity index (χ3n) is 6.18. The van der Waals surface area contributed by atoms with Crippen molar-refractivity contribution in [3.05, 3.63) is 64.6 Å². The summed E-state index contributed by atoms with van der Waals surface area (Å²) in [5.41, 5.74) is 2.55. The molecule has 0 N–H and O–H groups in total. The summed E-state index contributed by atoms with van der Waals surface area (Å²) in [6.07, 6.45) is 4.61. The average Bonchev–Trinajstić information content (AvgIpc) is 3.63. The van der Waals surface area contributed by atoms with Gasteiger partial charge in [-0.15, -0.1) is 11.8 Å². The van der Waals surface area contributed by atoms with Crippen LogP contribution in [0.25, 0.3) is 6.08 Å². The van der Waals surface area contributed by atoms with Crippen molar-refractivity contribution in [3.63, 3.8) is 0 Å². The lowest BCUT2D eigenvalue weighted by atomic mass is 10.1. The van der Waals surface area contributed by atoms with Gasteiger partial charge in [0.2, 0.25) is 0 Å². The molecule has 1 amide bonds. The maximum Gasteiger partial charge on any atom is 0.264 e. The molecule has 0 radical (unpaired) electrons. The zero-order chi connectivity index (χ0) is 21.4. The number of benzene rings is 2. The number of hydrogen-bond donors (Lipinski definition) is 0. The van der Waals surface area contributed by atoms with Gasteiger partial charge < -0.3 is 9.80 Å². The molecule has 1 saturated carbocycles. The van der Waals surface area contributed by atoms with Gasteiger partial charge in [0.25, 0.3) is 5.91 Å². The Morgan fingerprint density at radius 3 is 2.45 bits per heavy atom. The van der Waals surface area contributed by atoms with Gasteiger partial charge in [-0.3, -0.25) is 9.69 Å². The lowest BCUT2D eigenvalue weighted by Gasteiger charge is -2.37. The number of halogens is 2. The number of anilines is 2. The minimum atomic E-state index is -0.940. The first kappa shape index (κ1) is 20.5. The van der Waals surface area contributed by atoms with Gasteiger partial charge in [0.05, 0.1) is 4.91 Å². The zero-order valence-corrected chi connectivity index (χ0v) is 18.1. The third-order valence-corrected chi connectivity index (χ3v) is 7.17. The van der Waals surface area contributed by atoms with Crippen LogP contribution in [-0.2, 0) is 4.79 Å². The molecule has 2 aliphatic heterocycles. The number of thioether (sulfide) groups is 1. The number of piperazine rings is 1. The molecule has 3 fully saturated rings. The molecule has 0 bridgehead atoms. The van der Waals surface area contributed by atoms with E-state index in [0.717, 1.165) is 55.6 Å². The molecule has 5 rings (SSSR count). The normalized spacial score (nSPS) is 21.7. The van der Waals surface area contributed by atoms with Crippen LogP contribution in [0.4, 0.5) is 20.2 Å². The number of carbonyl (C=O) groups is 1. The van der Waals surface area contributed by atoms with E-state index < -0.39 is 11.6 Å². The monoisotopic (exact) mass is 441 g/mol. The van der Waals surface area contributed by atoms with Gasteiger partial charge in [0.15, 0.2) is 11.6 Å². The fraction of sp³-hybridized carbons (Fsp3) is 0.375. The van der Waals surface area contributed by atoms with E-state index in [2.05, 4.69) is 15.9 Å². The molecule has 2 aromatic carbocycles. The standard InChI is InChI=1S/C24H25F2N3OS/c25-20-8-7-19(16-21(20)26)29-13-14-31-23(24(29)30)15-17-3-1-2-4-22(17)28-11-9-27(10-12-28)18-5-6-18/h1-4,7-8,15-16,18H,5-6,9-14H2/b23-15-. The van der Waals surface area contributed by atoms with Crippen molar-refractivity contribution in [1.29, 1.82) is 0 Å². The fourth-order valence-electron chi connectivity index (χ4n) is 4.35. The Bertz CT molecular complexity index is 1020. The summed E-state index contributed by atoms with van der Waals surface area (Å²) < 4.78 is 27.0. The summed E-state index contributed by atoms with van der Waals surface area (Å²) in [6.45, 7) is 4.59. The van der Waals surface area contributed by atoms with Crippen LogP contribution in [0.5, 0.6) is 0 Å². The number of para-hydroxylation sites is 1. The van der Waals surface area contributed by atoms with Crippen molar-refractivity contribution < 1.29 is 13.6 Å². The number of hydrogen-bond acceptors (Lipinski definition) is 4. The van der Waals surface area contributed by atoms with Crippen molar-refractivity contribution in [1.82, 2.24) is 4.90 Å². The maximum absolute atomic E-state index is 13.7. The average molecular weight is 442 g/mol. The Labute approximate surface area is 185 Å². The first-order chi connectivity index (χ1) is 15.1. The van der Waals surface area contributed by atoms with Crippen LogP contribution in [0.15, 0.2) is 47.4 Å². The van der Waals surface area contributed by atoms with Crippen LogP contribution in [0.2, 0.25) is 0 Å². The second-order valence-electron chi connectivity index (χ2n) is 8.23. The van der Waals surface area contributed by atoms with Crippen molar-refractivity contribution in [3.8, 4) is 0 Å². The molecule has 3 aliphatic rings. The van der Waals surface area contributed by atoms with Crippen LogP contribution in [-0.4, -0.2) is 55.3 Å². The van der Waals surface area contributed by atoms with Crippen LogP contribution in [0.3, 0.4) is 0 Å². The van der Waals surface area contributed by atoms with Gasteiger partial charge in [-0.25, -0.2) is 8.78 Å². The molecule has 4 nitrogen and oxygen atoms in total. The number of nitrogens with zero attached hydrogens (tertiary/aromatic N) is 3. The highest BCUT2D eigenvalue weighted by Crippen LogP contribution is 2.34. The largest absolute Gasteiger partial charge is 0.368 e. The van der Waals surface area contributed by atoms with Crippen molar-refractivity contribution in [2.75, 3.05) is 48.3 Å². The first-order valence-corrected chi connectivity index (χ1v) is 11.8. The van der Waals surface area contributed by atoms with Gasteiger partial charge in [0, 0.05) is 62.0 Å². The Balaban J connectivity index is 1.37. The molecule has 0 atom stereocenters. The lowest BCUT2D eigenvalue weighted by Crippen LogP contribution is -2.47. The van der Waals surface area contributed by atoms with Gasteiger partial charge in [-0.05, 0) is 42.7 Å². The molecule has 0 unspecified atom stereocenters. The predicted octanol–water partition coefficient (Wildman–Crippen LogP) is 4.37. The molecule has 7 heteroatoms. The van der Waals surface area contributed by atoms with Crippen molar-refractivity contribution in [2.45, 2.75) is 18.9 Å². The van der Waals surface area contributed by atoms with Crippen LogP contribution >= 0.6 is 11.8 Å². The molecule has 162 valence electrons. The Morgan fingerprint density at radius 2 is 1.71 bits per heavy atom. The highest BCUT2D eigenvalue weighted by atomic mass is 32.2. The summed E-state index contributed by atoms with van der Waals surface area (Å²) in [4.78, 5) is 20.3. The van der Waals surface area contributed by atoms with E-state index in [9.17, 15) is 13.6 Å². The topological polar surface area (TPSA) is 26.8 Å². The molecular formula is C24H25F2N3OS. The van der Waals surface area contributed by atoms with Gasteiger partial charge in [-0.1, -0.05) is 18.2 Å². The minimum Gasteiger partial charge on any atom is -0.368 e. The smallest absolute Gasteiger partial charge is 0.264 e. The fourth-order valence-corrected chi connectivity index (χ4v) is 5.29. The van der Waals surface area contributed by atoms with E-state index in [0.29, 0.717) is 22.9 Å². The molecule has 0 aromatic heterocycles. The predicted molar refractivity (Wildman–Crippen MR) is 122 cm³/mol. The van der Waals surface area contributed by atoms with E-state index in [1.165, 1.54) is 35.6 Å². The number of rotatable bonds is 4. The molecule has 2 aromatic rings. The second kappa shape index (κ2) is 8.63. The van der Waals surface area contributed by atoms with E-state index in [1.807, 2.05) is 24.3 Å². The van der Waals surface area contributed by atoms with E-state index >= 15 is 0 Å². The molecule has 31 heavy (non-hydrogen) atoms. The summed E-state index contributed by atoms with van der Waals surface area (Å²) in [5, 5.41) is 0. The van der Waals surface area contributed by atoms with Crippen LogP contribution in [0.1, 0.15) is 18.4 Å². The third kappa shape index (κ3) is 4.34. The van der Waals surface area contributed by atoms with Crippen molar-refractivity contribution >= 4 is 35.1 Å². The Morgan fingerprint density at radius 1 is 0.935 bits per heavy atom. The lowest BCUT2D eigenvalue weighted by molar-refractivity contribution is -0.114. The quantitative estimate of drug-likeness (QED) is 0.659. The number of carbonyl (C=O) groups excluding carboxylic acids is 1. The van der Waals surface area contributed by atoms with Crippen LogP contribution < -0.4 is 9.80 Å². The Hall–Kier alpha value is -2.38. The maximum atomic E-state index is 13.7. The van der Waals surface area contributed by atoms with Gasteiger partial charge >= 0.3 is 0 Å². The SMILES string of the molecule is O=C1/C(=C/c2ccccc2N2CCN(C3CC3)CC2)SCCN1c1ccc(F)c(F)c1. The highest BCUT2D eigenvalue weighted by molar-refractivity contribution is 8.04. The summed E-state index contributed by atoms with van der Waals surface area (Å²) in [5.74, 6) is -1.31. The minimum absolute atomic E-state index is 0.171. The highest BCUT2D eigenvalue weighted by Gasteiger charge is 2.32. The second-order valence-corrected chi connectivity index (χ2v) is 9.36. The van der Waals surface area contributed by atoms with Crippen molar-refractivity contribution in [2.24, 2.45) is 0 Å². The van der Waals surface area contributed by atoms with E-state index in [4.69, 9.17) is 0 Å². The molecule has 0 spiro atoms. The number of amides is 1. The molecule has 1 aliphatic carbocycles. The van der Waals surface area contributed by atoms with E-state index in [1.54, 1.807) is 0 Å². The Kier molecular flexibility index (Phi) is 5.71. The molecule has 2 saturated heterocycles. The van der Waals surface area contributed by atoms with E-state index in [-0.39, 0.29) is 5.91 Å². The zero-order valence-electron chi connectivity index (χ0n) is 17.3. The van der Waals surface area contributed by atoms with Gasteiger partial charge in [0.1, 0.15) is 0 Å².